The van der Waals surface area contributed by atoms with E-state index in [1.807, 2.05) is 4.72 Å². The lowest BCUT2D eigenvalue weighted by Crippen LogP contribution is -2.36. The van der Waals surface area contributed by atoms with E-state index in [0.29, 0.717) is 5.69 Å². The van der Waals surface area contributed by atoms with Gasteiger partial charge in [-0.3, -0.25) is 0 Å². The summed E-state index contributed by atoms with van der Waals surface area (Å²) in [7, 11) is -4.11. The number of fused-ring (bicyclic) bond motifs is 2. The third-order valence-electron chi connectivity index (χ3n) is 4.95. The fourth-order valence-electron chi connectivity index (χ4n) is 3.83. The molecule has 0 atom stereocenters. The molecular formula is C18H20N4O3S. The number of amides is 2. The molecule has 0 radical (unpaired) electrons. The first-order chi connectivity index (χ1) is 12.4. The molecule has 4 rings (SSSR count). The van der Waals surface area contributed by atoms with Gasteiger partial charge in [0.25, 0.3) is 5.16 Å². The van der Waals surface area contributed by atoms with Crippen molar-refractivity contribution < 1.29 is 13.2 Å². The van der Waals surface area contributed by atoms with Gasteiger partial charge in [-0.15, -0.1) is 0 Å². The quantitative estimate of drug-likeness (QED) is 0.805. The Hall–Kier alpha value is -2.48. The molecular weight excluding hydrogens is 352 g/mol. The van der Waals surface area contributed by atoms with E-state index in [1.54, 1.807) is 13.0 Å². The van der Waals surface area contributed by atoms with Crippen molar-refractivity contribution in [1.29, 1.82) is 0 Å². The zero-order valence-electron chi connectivity index (χ0n) is 14.5. The molecule has 0 bridgehead atoms. The van der Waals surface area contributed by atoms with E-state index >= 15 is 0 Å². The van der Waals surface area contributed by atoms with Crippen LogP contribution in [0.5, 0.6) is 0 Å². The minimum atomic E-state index is -4.11. The van der Waals surface area contributed by atoms with Gasteiger partial charge in [-0.2, -0.15) is 8.42 Å². The number of sulfonamides is 1. The van der Waals surface area contributed by atoms with Gasteiger partial charge in [0.15, 0.2) is 0 Å². The van der Waals surface area contributed by atoms with Crippen LogP contribution in [0.25, 0.3) is 0 Å². The van der Waals surface area contributed by atoms with Crippen LogP contribution in [0, 0.1) is 6.92 Å². The molecule has 1 heterocycles. The Bertz CT molecular complexity index is 969. The highest BCUT2D eigenvalue weighted by molar-refractivity contribution is 7.89. The number of benzene rings is 1. The average Bonchev–Trinajstić information content (AvgIpc) is 3.23. The summed E-state index contributed by atoms with van der Waals surface area (Å²) in [5.74, 6) is 0. The van der Waals surface area contributed by atoms with Crippen LogP contribution in [0.3, 0.4) is 0 Å². The molecule has 1 aromatic carbocycles. The Balaban J connectivity index is 1.60. The molecule has 2 aliphatic rings. The molecule has 2 aromatic rings. The predicted octanol–water partition coefficient (Wildman–Crippen LogP) is 2.27. The van der Waals surface area contributed by atoms with E-state index in [-0.39, 0.29) is 0 Å². The molecule has 0 unspecified atom stereocenters. The Morgan fingerprint density at radius 2 is 1.73 bits per heavy atom. The van der Waals surface area contributed by atoms with Crippen LogP contribution in [0.4, 0.5) is 10.5 Å². The maximum atomic E-state index is 12.4. The van der Waals surface area contributed by atoms with Crippen molar-refractivity contribution >= 4 is 21.7 Å². The van der Waals surface area contributed by atoms with E-state index in [2.05, 4.69) is 21.4 Å². The number of nitrogens with zero attached hydrogens (tertiary/aromatic N) is 2. The standard InChI is InChI=1S/C18H20N4O3S/c1-11-8-9-19-18(20-11)26(24,25)22-17(23)21-16-14-6-2-4-12(14)10-13-5-3-7-15(13)16/h8-10H,2-7H2,1H3,(H2,21,22,23). The average molecular weight is 372 g/mol. The normalized spacial score (nSPS) is 15.4. The van der Waals surface area contributed by atoms with Crippen molar-refractivity contribution in [1.82, 2.24) is 14.7 Å². The molecule has 1 aromatic heterocycles. The maximum absolute atomic E-state index is 12.4. The van der Waals surface area contributed by atoms with Crippen LogP contribution < -0.4 is 10.0 Å². The molecule has 0 saturated carbocycles. The topological polar surface area (TPSA) is 101 Å². The fraction of sp³-hybridized carbons (Fsp3) is 0.389. The zero-order valence-corrected chi connectivity index (χ0v) is 15.3. The van der Waals surface area contributed by atoms with E-state index in [0.717, 1.165) is 55.3 Å². The van der Waals surface area contributed by atoms with Crippen LogP contribution in [-0.4, -0.2) is 24.4 Å². The van der Waals surface area contributed by atoms with Gasteiger partial charge in [-0.1, -0.05) is 6.07 Å². The molecule has 0 aliphatic heterocycles. The third-order valence-corrected chi connectivity index (χ3v) is 6.08. The lowest BCUT2D eigenvalue weighted by atomic mass is 9.99. The summed E-state index contributed by atoms with van der Waals surface area (Å²) < 4.78 is 26.7. The molecule has 2 amide bonds. The molecule has 8 heteroatoms. The van der Waals surface area contributed by atoms with Crippen molar-refractivity contribution in [3.63, 3.8) is 0 Å². The highest BCUT2D eigenvalue weighted by Gasteiger charge is 2.27. The summed E-state index contributed by atoms with van der Waals surface area (Å²) in [6.07, 6.45) is 7.31. The molecule has 7 nitrogen and oxygen atoms in total. The van der Waals surface area contributed by atoms with Gasteiger partial charge in [-0.25, -0.2) is 19.5 Å². The van der Waals surface area contributed by atoms with E-state index in [9.17, 15) is 13.2 Å². The Kier molecular flexibility index (Phi) is 4.14. The summed E-state index contributed by atoms with van der Waals surface area (Å²) in [4.78, 5) is 20.1. The van der Waals surface area contributed by atoms with Crippen LogP contribution in [0.1, 0.15) is 40.8 Å². The molecule has 2 aliphatic carbocycles. The van der Waals surface area contributed by atoms with Crippen molar-refractivity contribution in [3.05, 3.63) is 46.3 Å². The Labute approximate surface area is 152 Å². The monoisotopic (exact) mass is 372 g/mol. The fourth-order valence-corrected chi connectivity index (χ4v) is 4.68. The molecule has 0 fully saturated rings. The Morgan fingerprint density at radius 1 is 1.08 bits per heavy atom. The zero-order chi connectivity index (χ0) is 18.3. The molecule has 0 saturated heterocycles. The first-order valence-corrected chi connectivity index (χ1v) is 10.2. The second-order valence-electron chi connectivity index (χ2n) is 6.77. The van der Waals surface area contributed by atoms with Crippen molar-refractivity contribution in [3.8, 4) is 0 Å². The van der Waals surface area contributed by atoms with Crippen LogP contribution in [0.2, 0.25) is 0 Å². The minimum Gasteiger partial charge on any atom is -0.307 e. The number of urea groups is 1. The molecule has 2 N–H and O–H groups in total. The van der Waals surface area contributed by atoms with Crippen LogP contribution in [0.15, 0.2) is 23.5 Å². The largest absolute Gasteiger partial charge is 0.333 e. The number of nitrogens with one attached hydrogen (secondary N) is 2. The number of carbonyl (C=O) groups excluding carboxylic acids is 1. The smallest absolute Gasteiger partial charge is 0.307 e. The summed E-state index contributed by atoms with van der Waals surface area (Å²) in [6.45, 7) is 1.66. The summed E-state index contributed by atoms with van der Waals surface area (Å²) in [5.41, 5.74) is 6.14. The third kappa shape index (κ3) is 3.05. The SMILES string of the molecule is Cc1ccnc(S(=O)(=O)NC(=O)Nc2c3c(cc4c2CCC4)CCC3)n1. The van der Waals surface area contributed by atoms with Gasteiger partial charge in [0, 0.05) is 17.6 Å². The number of rotatable bonds is 3. The first kappa shape index (κ1) is 17.0. The molecule has 26 heavy (non-hydrogen) atoms. The maximum Gasteiger partial charge on any atom is 0.333 e. The highest BCUT2D eigenvalue weighted by Crippen LogP contribution is 2.38. The summed E-state index contributed by atoms with van der Waals surface area (Å²) in [6, 6.07) is 3.07. The molecule has 0 spiro atoms. The highest BCUT2D eigenvalue weighted by atomic mass is 32.2. The first-order valence-electron chi connectivity index (χ1n) is 8.74. The molecule has 136 valence electrons. The minimum absolute atomic E-state index is 0.406. The number of anilines is 1. The van der Waals surface area contributed by atoms with E-state index in [1.165, 1.54) is 17.3 Å². The van der Waals surface area contributed by atoms with Gasteiger partial charge < -0.3 is 5.32 Å². The lowest BCUT2D eigenvalue weighted by molar-refractivity contribution is 0.256. The number of aromatic nitrogens is 2. The summed E-state index contributed by atoms with van der Waals surface area (Å²) >= 11 is 0. The number of carbonyl (C=O) groups is 1. The van der Waals surface area contributed by atoms with Gasteiger partial charge in [0.05, 0.1) is 0 Å². The number of hydrogen-bond acceptors (Lipinski definition) is 5. The predicted molar refractivity (Wildman–Crippen MR) is 96.6 cm³/mol. The van der Waals surface area contributed by atoms with Gasteiger partial charge in [-0.05, 0) is 73.8 Å². The van der Waals surface area contributed by atoms with Gasteiger partial charge in [0.1, 0.15) is 0 Å². The van der Waals surface area contributed by atoms with Crippen molar-refractivity contribution in [2.45, 2.75) is 50.6 Å². The van der Waals surface area contributed by atoms with Crippen molar-refractivity contribution in [2.24, 2.45) is 0 Å². The second-order valence-corrected chi connectivity index (χ2v) is 8.35. The second kappa shape index (κ2) is 6.35. The van der Waals surface area contributed by atoms with Crippen LogP contribution in [-0.2, 0) is 35.7 Å². The van der Waals surface area contributed by atoms with E-state index < -0.39 is 21.2 Å². The number of aryl methyl sites for hydroxylation is 3. The van der Waals surface area contributed by atoms with Gasteiger partial charge in [0.2, 0.25) is 0 Å². The van der Waals surface area contributed by atoms with Crippen LogP contribution >= 0.6 is 0 Å². The van der Waals surface area contributed by atoms with E-state index in [4.69, 9.17) is 0 Å². The van der Waals surface area contributed by atoms with Gasteiger partial charge >= 0.3 is 16.1 Å². The Morgan fingerprint density at radius 3 is 2.35 bits per heavy atom. The van der Waals surface area contributed by atoms with Crippen molar-refractivity contribution in [2.75, 3.05) is 5.32 Å². The summed E-state index contributed by atoms with van der Waals surface area (Å²) in [5, 5.41) is 2.39. The lowest BCUT2D eigenvalue weighted by Gasteiger charge is -2.16. The number of hydrogen-bond donors (Lipinski definition) is 2.